The fourth-order valence-corrected chi connectivity index (χ4v) is 2.91. The number of hydrogen-bond acceptors (Lipinski definition) is 1. The average molecular weight is 301 g/mol. The summed E-state index contributed by atoms with van der Waals surface area (Å²) in [6.07, 6.45) is 6.84. The van der Waals surface area contributed by atoms with E-state index in [1.165, 1.54) is 0 Å². The Balaban J connectivity index is 2.07. The summed E-state index contributed by atoms with van der Waals surface area (Å²) in [7, 11) is 1.98. The third-order valence-corrected chi connectivity index (χ3v) is 3.93. The summed E-state index contributed by atoms with van der Waals surface area (Å²) in [4.78, 5) is 12.2. The molecule has 3 nitrogen and oxygen atoms in total. The maximum atomic E-state index is 12.2. The van der Waals surface area contributed by atoms with Crippen molar-refractivity contribution in [2.45, 2.75) is 13.3 Å². The molecule has 0 aliphatic carbocycles. The third-order valence-electron chi connectivity index (χ3n) is 3.75. The van der Waals surface area contributed by atoms with Crippen LogP contribution in [-0.4, -0.2) is 16.4 Å². The van der Waals surface area contributed by atoms with E-state index in [-0.39, 0.29) is 5.91 Å². The summed E-state index contributed by atoms with van der Waals surface area (Å²) in [6, 6.07) is 6.02. The Kier molecular flexibility index (Phi) is 3.60. The highest BCUT2D eigenvalue weighted by atomic mass is 35.5. The molecule has 0 radical (unpaired) electrons. The van der Waals surface area contributed by atoms with Gasteiger partial charge >= 0.3 is 0 Å². The summed E-state index contributed by atoms with van der Waals surface area (Å²) in [5, 5.41) is 2.92. The van der Waals surface area contributed by atoms with Crippen LogP contribution in [0.15, 0.2) is 30.6 Å². The number of aromatic nitrogens is 1. The first kappa shape index (κ1) is 14.0. The van der Waals surface area contributed by atoms with Crippen molar-refractivity contribution in [3.05, 3.63) is 52.8 Å². The number of carbonyl (C=O) groups is 1. The Morgan fingerprint density at radius 2 is 2.14 bits per heavy atom. The van der Waals surface area contributed by atoms with Gasteiger partial charge in [0.2, 0.25) is 0 Å². The second kappa shape index (κ2) is 5.41. The zero-order chi connectivity index (χ0) is 15.0. The lowest BCUT2D eigenvalue weighted by atomic mass is 10.0. The monoisotopic (exact) mass is 300 g/mol. The standard InChI is InChI=1S/C17H17ClN2O/c1-11-9-20(2)10-13(11)8-15-14-7-12(5-6-18)3-4-16(14)19-17(15)21/h3-4,7-10H,5-6H2,1-2H3,(H,19,21). The fourth-order valence-electron chi connectivity index (χ4n) is 2.69. The van der Waals surface area contributed by atoms with Crippen molar-refractivity contribution in [2.24, 2.45) is 7.05 Å². The number of nitrogens with zero attached hydrogens (tertiary/aromatic N) is 1. The Hall–Kier alpha value is -2.00. The topological polar surface area (TPSA) is 34.0 Å². The highest BCUT2D eigenvalue weighted by Gasteiger charge is 2.24. The van der Waals surface area contributed by atoms with E-state index >= 15 is 0 Å². The summed E-state index contributed by atoms with van der Waals surface area (Å²) in [5.41, 5.74) is 5.93. The first-order valence-electron chi connectivity index (χ1n) is 6.93. The van der Waals surface area contributed by atoms with Crippen LogP contribution < -0.4 is 5.32 Å². The number of amides is 1. The molecule has 0 unspecified atom stereocenters. The van der Waals surface area contributed by atoms with E-state index < -0.39 is 0 Å². The number of alkyl halides is 1. The quantitative estimate of drug-likeness (QED) is 0.682. The molecule has 1 aromatic carbocycles. The van der Waals surface area contributed by atoms with Gasteiger partial charge in [0.25, 0.3) is 5.91 Å². The van der Waals surface area contributed by atoms with Gasteiger partial charge in [0.1, 0.15) is 0 Å². The minimum Gasteiger partial charge on any atom is -0.356 e. The van der Waals surface area contributed by atoms with Crippen molar-refractivity contribution < 1.29 is 4.79 Å². The van der Waals surface area contributed by atoms with E-state index in [0.29, 0.717) is 5.88 Å². The number of benzene rings is 1. The molecule has 1 aliphatic heterocycles. The van der Waals surface area contributed by atoms with Crippen LogP contribution in [0.3, 0.4) is 0 Å². The zero-order valence-electron chi connectivity index (χ0n) is 12.1. The van der Waals surface area contributed by atoms with Gasteiger partial charge in [-0.2, -0.15) is 0 Å². The molecule has 0 bridgehead atoms. The van der Waals surface area contributed by atoms with Gasteiger partial charge in [-0.15, -0.1) is 11.6 Å². The number of rotatable bonds is 3. The SMILES string of the molecule is Cc1cn(C)cc1C=C1C(=O)Nc2ccc(CCCl)cc21. The van der Waals surface area contributed by atoms with Crippen molar-refractivity contribution in [1.82, 2.24) is 4.57 Å². The lowest BCUT2D eigenvalue weighted by Crippen LogP contribution is -2.03. The molecule has 2 aromatic rings. The number of fused-ring (bicyclic) bond motifs is 1. The molecule has 21 heavy (non-hydrogen) atoms. The van der Waals surface area contributed by atoms with Crippen molar-refractivity contribution >= 4 is 34.8 Å². The summed E-state index contributed by atoms with van der Waals surface area (Å²) >= 11 is 5.81. The van der Waals surface area contributed by atoms with Crippen molar-refractivity contribution in [1.29, 1.82) is 0 Å². The molecular formula is C17H17ClN2O. The zero-order valence-corrected chi connectivity index (χ0v) is 12.9. The molecule has 3 rings (SSSR count). The lowest BCUT2D eigenvalue weighted by Gasteiger charge is -2.03. The lowest BCUT2D eigenvalue weighted by molar-refractivity contribution is -0.110. The molecule has 0 spiro atoms. The molecule has 1 N–H and O–H groups in total. The summed E-state index contributed by atoms with van der Waals surface area (Å²) < 4.78 is 2.00. The number of hydrogen-bond donors (Lipinski definition) is 1. The first-order chi connectivity index (χ1) is 10.1. The van der Waals surface area contributed by atoms with Crippen molar-refractivity contribution in [3.8, 4) is 0 Å². The molecule has 1 amide bonds. The van der Waals surface area contributed by atoms with Crippen LogP contribution in [0.25, 0.3) is 11.6 Å². The molecule has 4 heteroatoms. The normalized spacial score (nSPS) is 15.4. The van der Waals surface area contributed by atoms with Gasteiger partial charge in [-0.05, 0) is 48.2 Å². The van der Waals surface area contributed by atoms with E-state index in [9.17, 15) is 4.79 Å². The summed E-state index contributed by atoms with van der Waals surface area (Å²) in [6.45, 7) is 2.05. The van der Waals surface area contributed by atoms with Crippen molar-refractivity contribution in [3.63, 3.8) is 0 Å². The van der Waals surface area contributed by atoms with Gasteiger partial charge in [-0.3, -0.25) is 4.79 Å². The minimum atomic E-state index is -0.0451. The second-order valence-corrected chi connectivity index (χ2v) is 5.77. The number of anilines is 1. The van der Waals surface area contributed by atoms with Gasteiger partial charge < -0.3 is 9.88 Å². The molecule has 1 aromatic heterocycles. The molecule has 0 saturated heterocycles. The van der Waals surface area contributed by atoms with Gasteiger partial charge in [-0.1, -0.05) is 6.07 Å². The van der Waals surface area contributed by atoms with E-state index in [1.54, 1.807) is 0 Å². The molecule has 2 heterocycles. The second-order valence-electron chi connectivity index (χ2n) is 5.39. The van der Waals surface area contributed by atoms with Crippen LogP contribution >= 0.6 is 11.6 Å². The Labute approximate surface area is 129 Å². The maximum Gasteiger partial charge on any atom is 0.256 e. The third kappa shape index (κ3) is 2.61. The number of aryl methyl sites for hydroxylation is 3. The van der Waals surface area contributed by atoms with Gasteiger partial charge in [0.15, 0.2) is 0 Å². The van der Waals surface area contributed by atoms with E-state index in [0.717, 1.165) is 39.9 Å². The number of halogens is 1. The van der Waals surface area contributed by atoms with Crippen LogP contribution in [0.5, 0.6) is 0 Å². The van der Waals surface area contributed by atoms with Crippen LogP contribution in [0.1, 0.15) is 22.3 Å². The molecular weight excluding hydrogens is 284 g/mol. The minimum absolute atomic E-state index is 0.0451. The highest BCUT2D eigenvalue weighted by Crippen LogP contribution is 2.34. The Bertz CT molecular complexity index is 743. The average Bonchev–Trinajstić information content (AvgIpc) is 2.91. The van der Waals surface area contributed by atoms with Gasteiger partial charge in [0.05, 0.1) is 0 Å². The molecule has 0 atom stereocenters. The molecule has 1 aliphatic rings. The maximum absolute atomic E-state index is 12.2. The van der Waals surface area contributed by atoms with Gasteiger partial charge in [-0.25, -0.2) is 0 Å². The molecule has 108 valence electrons. The van der Waals surface area contributed by atoms with Crippen LogP contribution in [-0.2, 0) is 18.3 Å². The smallest absolute Gasteiger partial charge is 0.256 e. The number of nitrogens with one attached hydrogen (secondary N) is 1. The largest absolute Gasteiger partial charge is 0.356 e. The van der Waals surface area contributed by atoms with E-state index in [1.807, 2.05) is 49.1 Å². The predicted molar refractivity (Wildman–Crippen MR) is 87.5 cm³/mol. The van der Waals surface area contributed by atoms with Crippen molar-refractivity contribution in [2.75, 3.05) is 11.2 Å². The Morgan fingerprint density at radius 1 is 1.33 bits per heavy atom. The van der Waals surface area contributed by atoms with Crippen LogP contribution in [0.4, 0.5) is 5.69 Å². The van der Waals surface area contributed by atoms with Gasteiger partial charge in [0, 0.05) is 42.1 Å². The number of carbonyl (C=O) groups excluding carboxylic acids is 1. The van der Waals surface area contributed by atoms with E-state index in [4.69, 9.17) is 11.6 Å². The predicted octanol–water partition coefficient (Wildman–Crippen LogP) is 3.61. The van der Waals surface area contributed by atoms with Crippen LogP contribution in [0.2, 0.25) is 0 Å². The highest BCUT2D eigenvalue weighted by molar-refractivity contribution is 6.35. The van der Waals surface area contributed by atoms with E-state index in [2.05, 4.69) is 11.4 Å². The summed E-state index contributed by atoms with van der Waals surface area (Å²) in [5.74, 6) is 0.535. The molecule has 0 saturated carbocycles. The van der Waals surface area contributed by atoms with Crippen LogP contribution in [0, 0.1) is 6.92 Å². The Morgan fingerprint density at radius 3 is 2.81 bits per heavy atom. The fraction of sp³-hybridized carbons (Fsp3) is 0.235. The molecule has 0 fully saturated rings. The first-order valence-corrected chi connectivity index (χ1v) is 7.47.